The van der Waals surface area contributed by atoms with Gasteiger partial charge in [-0.2, -0.15) is 0 Å². The van der Waals surface area contributed by atoms with Gasteiger partial charge in [0, 0.05) is 19.8 Å². The van der Waals surface area contributed by atoms with E-state index >= 15 is 0 Å². The number of ether oxygens (including phenoxy) is 6. The molecule has 0 heterocycles. The first kappa shape index (κ1) is 30.9. The summed E-state index contributed by atoms with van der Waals surface area (Å²) in [5, 5.41) is 0. The van der Waals surface area contributed by atoms with Gasteiger partial charge in [0.15, 0.2) is 37.7 Å². The molecule has 0 bridgehead atoms. The molecule has 6 atom stereocenters. The molecule has 188 valence electrons. The van der Waals surface area contributed by atoms with Crippen LogP contribution in [-0.4, -0.2) is 57.6 Å². The van der Waals surface area contributed by atoms with E-state index in [0.29, 0.717) is 19.8 Å². The van der Waals surface area contributed by atoms with Crippen molar-refractivity contribution in [1.29, 1.82) is 0 Å². The van der Waals surface area contributed by atoms with Gasteiger partial charge in [-0.1, -0.05) is 13.3 Å². The Hall–Kier alpha value is -0.130. The zero-order chi connectivity index (χ0) is 23.9. The van der Waals surface area contributed by atoms with Gasteiger partial charge in [0.2, 0.25) is 0 Å². The maximum Gasteiger partial charge on any atom is 0.481 e. The molecule has 10 nitrogen and oxygen atoms in total. The molecular formula is C20H43O10P. The Balaban J connectivity index is 5.04. The lowest BCUT2D eigenvalue weighted by molar-refractivity contribution is -0.240. The number of rotatable bonds is 20. The molecule has 0 fully saturated rings. The Morgan fingerprint density at radius 1 is 0.581 bits per heavy atom. The number of phosphoric ester groups is 1. The Morgan fingerprint density at radius 3 is 1.26 bits per heavy atom. The van der Waals surface area contributed by atoms with Crippen LogP contribution in [0.5, 0.6) is 0 Å². The van der Waals surface area contributed by atoms with Crippen LogP contribution < -0.4 is 0 Å². The Kier molecular flexibility index (Phi) is 17.3. The van der Waals surface area contributed by atoms with E-state index in [-0.39, 0.29) is 0 Å². The van der Waals surface area contributed by atoms with Crippen molar-refractivity contribution in [3.8, 4) is 0 Å². The summed E-state index contributed by atoms with van der Waals surface area (Å²) in [6.45, 7) is 17.0. The van der Waals surface area contributed by atoms with Crippen molar-refractivity contribution in [2.75, 3.05) is 19.8 Å². The molecule has 0 N–H and O–H groups in total. The highest BCUT2D eigenvalue weighted by Crippen LogP contribution is 2.53. The number of phosphoric acid groups is 1. The van der Waals surface area contributed by atoms with Crippen LogP contribution in [0.3, 0.4) is 0 Å². The van der Waals surface area contributed by atoms with E-state index in [4.69, 9.17) is 42.0 Å². The summed E-state index contributed by atoms with van der Waals surface area (Å²) in [6, 6.07) is 0. The van der Waals surface area contributed by atoms with Gasteiger partial charge < -0.3 is 28.4 Å². The molecule has 0 radical (unpaired) electrons. The maximum atomic E-state index is 13.3. The fourth-order valence-electron chi connectivity index (χ4n) is 2.49. The highest BCUT2D eigenvalue weighted by molar-refractivity contribution is 7.48. The van der Waals surface area contributed by atoms with Crippen LogP contribution in [0.25, 0.3) is 0 Å². The molecule has 0 aromatic carbocycles. The van der Waals surface area contributed by atoms with Gasteiger partial charge in [-0.15, -0.1) is 0 Å². The third-order valence-corrected chi connectivity index (χ3v) is 5.30. The van der Waals surface area contributed by atoms with Gasteiger partial charge in [0.25, 0.3) is 0 Å². The van der Waals surface area contributed by atoms with Crippen LogP contribution in [-0.2, 0) is 46.6 Å². The smallest absolute Gasteiger partial charge is 0.353 e. The Bertz CT molecular complexity index is 455. The minimum Gasteiger partial charge on any atom is -0.353 e. The van der Waals surface area contributed by atoms with E-state index in [2.05, 4.69) is 6.92 Å². The second kappa shape index (κ2) is 17.4. The molecule has 0 aliphatic carbocycles. The third kappa shape index (κ3) is 16.2. The normalized spacial score (nSPS) is 19.9. The fourth-order valence-corrected chi connectivity index (χ4v) is 3.87. The quantitative estimate of drug-likeness (QED) is 0.134. The van der Waals surface area contributed by atoms with Crippen molar-refractivity contribution in [3.05, 3.63) is 0 Å². The molecule has 0 aromatic rings. The minimum absolute atomic E-state index is 0.458. The zero-order valence-corrected chi connectivity index (χ0v) is 21.4. The third-order valence-electron chi connectivity index (χ3n) is 3.64. The lowest BCUT2D eigenvalue weighted by Gasteiger charge is -2.29. The van der Waals surface area contributed by atoms with Crippen LogP contribution >= 0.6 is 7.82 Å². The molecule has 0 aromatic heterocycles. The van der Waals surface area contributed by atoms with Crippen LogP contribution in [0, 0.1) is 0 Å². The van der Waals surface area contributed by atoms with Crippen LogP contribution in [0.2, 0.25) is 0 Å². The van der Waals surface area contributed by atoms with Gasteiger partial charge >= 0.3 is 7.82 Å². The van der Waals surface area contributed by atoms with Crippen molar-refractivity contribution in [2.24, 2.45) is 0 Å². The van der Waals surface area contributed by atoms with Crippen molar-refractivity contribution >= 4 is 7.82 Å². The van der Waals surface area contributed by atoms with Crippen molar-refractivity contribution in [1.82, 2.24) is 0 Å². The van der Waals surface area contributed by atoms with Crippen LogP contribution in [0.4, 0.5) is 0 Å². The lowest BCUT2D eigenvalue weighted by Crippen LogP contribution is -2.28. The largest absolute Gasteiger partial charge is 0.481 e. The summed E-state index contributed by atoms with van der Waals surface area (Å²) in [5.41, 5.74) is 0. The second-order valence-electron chi connectivity index (χ2n) is 6.71. The Labute approximate surface area is 187 Å². The van der Waals surface area contributed by atoms with Crippen molar-refractivity contribution in [3.63, 3.8) is 0 Å². The molecule has 0 spiro atoms. The number of unbranched alkanes of at least 4 members (excludes halogenated alkanes) is 1. The van der Waals surface area contributed by atoms with Gasteiger partial charge in [-0.3, -0.25) is 13.6 Å². The lowest BCUT2D eigenvalue weighted by atomic mass is 10.4. The maximum absolute atomic E-state index is 13.3. The summed E-state index contributed by atoms with van der Waals surface area (Å²) in [5.74, 6) is 0. The summed E-state index contributed by atoms with van der Waals surface area (Å²) in [4.78, 5) is 0. The predicted octanol–water partition coefficient (Wildman–Crippen LogP) is 5.16. The zero-order valence-electron chi connectivity index (χ0n) is 20.5. The second-order valence-corrected chi connectivity index (χ2v) is 8.24. The van der Waals surface area contributed by atoms with Gasteiger partial charge in [-0.05, 0) is 61.8 Å². The summed E-state index contributed by atoms with van der Waals surface area (Å²) >= 11 is 0. The first-order valence-corrected chi connectivity index (χ1v) is 12.5. The van der Waals surface area contributed by atoms with Crippen LogP contribution in [0.1, 0.15) is 75.2 Å². The van der Waals surface area contributed by atoms with Crippen molar-refractivity contribution in [2.45, 2.75) is 113 Å². The van der Waals surface area contributed by atoms with E-state index in [1.807, 2.05) is 13.8 Å². The van der Waals surface area contributed by atoms with Gasteiger partial charge in [-0.25, -0.2) is 4.57 Å². The summed E-state index contributed by atoms with van der Waals surface area (Å²) in [6.07, 6.45) is -2.63. The SMILES string of the molecule is CCCCOC(C)OC(C)OP(=O)(OC(C)OC(C)OCC)OC(C)OC(C)OCC. The number of hydrogen-bond donors (Lipinski definition) is 0. The molecule has 0 amide bonds. The minimum atomic E-state index is -4.17. The molecule has 31 heavy (non-hydrogen) atoms. The standard InChI is InChI=1S/C20H43O10P/c1-10-13-14-24-17(6)27-20(9)30-31(21,28-18(7)25-15(4)22-11-2)29-19(8)26-16(5)23-12-3/h15-20H,10-14H2,1-9H3. The Morgan fingerprint density at radius 2 is 0.935 bits per heavy atom. The molecule has 0 saturated carbocycles. The molecule has 0 aliphatic rings. The van der Waals surface area contributed by atoms with E-state index in [0.717, 1.165) is 12.8 Å². The molecular weight excluding hydrogens is 431 g/mol. The first-order chi connectivity index (χ1) is 14.5. The first-order valence-electron chi connectivity index (χ1n) is 11.0. The van der Waals surface area contributed by atoms with E-state index in [1.165, 1.54) is 0 Å². The average molecular weight is 475 g/mol. The van der Waals surface area contributed by atoms with E-state index in [1.54, 1.807) is 41.5 Å². The van der Waals surface area contributed by atoms with Gasteiger partial charge in [0.05, 0.1) is 0 Å². The van der Waals surface area contributed by atoms with Crippen molar-refractivity contribution < 1.29 is 46.6 Å². The van der Waals surface area contributed by atoms with Gasteiger partial charge in [0.1, 0.15) is 0 Å². The summed E-state index contributed by atoms with van der Waals surface area (Å²) in [7, 11) is -4.17. The molecule has 0 rings (SSSR count). The molecule has 6 unspecified atom stereocenters. The predicted molar refractivity (Wildman–Crippen MR) is 115 cm³/mol. The molecule has 0 saturated heterocycles. The van der Waals surface area contributed by atoms with E-state index < -0.39 is 45.6 Å². The molecule has 11 heteroatoms. The highest BCUT2D eigenvalue weighted by Gasteiger charge is 2.36. The highest BCUT2D eigenvalue weighted by atomic mass is 31.2. The monoisotopic (exact) mass is 474 g/mol. The molecule has 0 aliphatic heterocycles. The fraction of sp³-hybridized carbons (Fsp3) is 1.00. The summed E-state index contributed by atoms with van der Waals surface area (Å²) < 4.78 is 62.6. The van der Waals surface area contributed by atoms with Crippen LogP contribution in [0.15, 0.2) is 0 Å². The topological polar surface area (TPSA) is 100 Å². The van der Waals surface area contributed by atoms with E-state index in [9.17, 15) is 4.57 Å². The average Bonchev–Trinajstić information content (AvgIpc) is 2.60. The number of hydrogen-bond acceptors (Lipinski definition) is 10.